The molecule has 7 heteroatoms. The Morgan fingerprint density at radius 2 is 1.68 bits per heavy atom. The summed E-state index contributed by atoms with van der Waals surface area (Å²) in [5, 5.41) is 12.5. The number of carboxylic acid groups (broad SMARTS) is 1. The Labute approximate surface area is 216 Å². The molecular formula is C30H30N4O3. The van der Waals surface area contributed by atoms with Gasteiger partial charge in [-0.3, -0.25) is 9.59 Å². The second kappa shape index (κ2) is 11.3. The highest BCUT2D eigenvalue weighted by molar-refractivity contribution is 5.97. The van der Waals surface area contributed by atoms with Crippen LogP contribution in [0.1, 0.15) is 46.9 Å². The average molecular weight is 495 g/mol. The zero-order valence-corrected chi connectivity index (χ0v) is 20.6. The molecule has 0 bridgehead atoms. The number of hydrogen-bond donors (Lipinski definition) is 2. The molecule has 1 aliphatic rings. The van der Waals surface area contributed by atoms with Gasteiger partial charge in [0, 0.05) is 43.2 Å². The summed E-state index contributed by atoms with van der Waals surface area (Å²) in [6.07, 6.45) is 2.03. The summed E-state index contributed by atoms with van der Waals surface area (Å²) in [7, 11) is 0. The summed E-state index contributed by atoms with van der Waals surface area (Å²) in [5.74, 6) is -0.806. The van der Waals surface area contributed by atoms with Crippen LogP contribution < -0.4 is 5.32 Å². The summed E-state index contributed by atoms with van der Waals surface area (Å²) in [6.45, 7) is 1.99. The first-order chi connectivity index (χ1) is 18.1. The normalized spacial score (nSPS) is 15.6. The summed E-state index contributed by atoms with van der Waals surface area (Å²) >= 11 is 0. The number of nitrogens with one attached hydrogen (secondary N) is 1. The summed E-state index contributed by atoms with van der Waals surface area (Å²) in [6, 6.07) is 25.7. The molecule has 0 saturated carbocycles. The molecule has 2 N–H and O–H groups in total. The number of amides is 1. The lowest BCUT2D eigenvalue weighted by atomic mass is 10.0. The number of carbonyl (C=O) groups excluding carboxylic acids is 1. The van der Waals surface area contributed by atoms with Crippen LogP contribution in [0.4, 0.5) is 0 Å². The maximum atomic E-state index is 13.5. The van der Waals surface area contributed by atoms with Gasteiger partial charge < -0.3 is 15.3 Å². The standard InChI is InChI=1S/C30H30N4O3/c35-28(36)14-8-7-13-25-29(22-11-5-2-6-12-22)33-24-16-15-23(19-26(24)32-25)30(37)34-18-17-31-27(20-34)21-9-3-1-4-10-21/h1-6,9-12,15-16,19,27,31H,7-8,13-14,17-18,20H2,(H,35,36). The van der Waals surface area contributed by atoms with Gasteiger partial charge in [0.05, 0.1) is 22.4 Å². The van der Waals surface area contributed by atoms with Crippen LogP contribution in [0.5, 0.6) is 0 Å². The lowest BCUT2D eigenvalue weighted by Crippen LogP contribution is -2.48. The van der Waals surface area contributed by atoms with Crippen molar-refractivity contribution in [2.24, 2.45) is 0 Å². The zero-order valence-electron chi connectivity index (χ0n) is 20.6. The summed E-state index contributed by atoms with van der Waals surface area (Å²) in [4.78, 5) is 36.1. The van der Waals surface area contributed by atoms with Gasteiger partial charge in [-0.1, -0.05) is 60.7 Å². The average Bonchev–Trinajstić information content (AvgIpc) is 2.95. The molecule has 0 spiro atoms. The number of aryl methyl sites for hydroxylation is 1. The van der Waals surface area contributed by atoms with E-state index >= 15 is 0 Å². The second-order valence-electron chi connectivity index (χ2n) is 9.36. The molecule has 2 heterocycles. The highest BCUT2D eigenvalue weighted by Crippen LogP contribution is 2.26. The zero-order chi connectivity index (χ0) is 25.6. The fourth-order valence-electron chi connectivity index (χ4n) is 4.82. The van der Waals surface area contributed by atoms with E-state index < -0.39 is 5.97 Å². The minimum absolute atomic E-state index is 0.0127. The third kappa shape index (κ3) is 5.84. The fourth-order valence-corrected chi connectivity index (χ4v) is 4.82. The first-order valence-electron chi connectivity index (χ1n) is 12.7. The Kier molecular flexibility index (Phi) is 7.51. The van der Waals surface area contributed by atoms with Crippen molar-refractivity contribution in [2.75, 3.05) is 19.6 Å². The predicted octanol–water partition coefficient (Wildman–Crippen LogP) is 4.88. The molecule has 0 radical (unpaired) electrons. The van der Waals surface area contributed by atoms with E-state index in [1.54, 1.807) is 0 Å². The summed E-state index contributed by atoms with van der Waals surface area (Å²) in [5.41, 5.74) is 5.76. The molecule has 37 heavy (non-hydrogen) atoms. The van der Waals surface area contributed by atoms with Gasteiger partial charge in [-0.05, 0) is 43.0 Å². The molecule has 5 rings (SSSR count). The van der Waals surface area contributed by atoms with Crippen molar-refractivity contribution < 1.29 is 14.7 Å². The quantitative estimate of drug-likeness (QED) is 0.339. The number of carboxylic acids is 1. The van der Waals surface area contributed by atoms with Gasteiger partial charge in [-0.15, -0.1) is 0 Å². The van der Waals surface area contributed by atoms with Gasteiger partial charge >= 0.3 is 5.97 Å². The first kappa shape index (κ1) is 24.6. The van der Waals surface area contributed by atoms with Crippen LogP contribution in [-0.2, 0) is 11.2 Å². The monoisotopic (exact) mass is 494 g/mol. The molecule has 1 unspecified atom stereocenters. The number of piperazine rings is 1. The molecule has 1 aromatic heterocycles. The number of rotatable bonds is 8. The number of nitrogens with zero attached hydrogens (tertiary/aromatic N) is 3. The molecule has 0 aliphatic carbocycles. The molecule has 4 aromatic rings. The van der Waals surface area contributed by atoms with E-state index in [2.05, 4.69) is 17.4 Å². The van der Waals surface area contributed by atoms with E-state index in [-0.39, 0.29) is 18.4 Å². The molecule has 1 saturated heterocycles. The number of hydrogen-bond acceptors (Lipinski definition) is 5. The Balaban J connectivity index is 1.41. The minimum atomic E-state index is -0.793. The van der Waals surface area contributed by atoms with Crippen molar-refractivity contribution in [1.29, 1.82) is 0 Å². The molecule has 1 fully saturated rings. The second-order valence-corrected chi connectivity index (χ2v) is 9.36. The topological polar surface area (TPSA) is 95.4 Å². The van der Waals surface area contributed by atoms with Gasteiger partial charge in [0.2, 0.25) is 0 Å². The van der Waals surface area contributed by atoms with Crippen LogP contribution >= 0.6 is 0 Å². The van der Waals surface area contributed by atoms with Crippen molar-refractivity contribution in [3.8, 4) is 11.3 Å². The first-order valence-corrected chi connectivity index (χ1v) is 12.7. The number of aliphatic carboxylic acids is 1. The molecular weight excluding hydrogens is 464 g/mol. The van der Waals surface area contributed by atoms with Crippen LogP contribution in [0.2, 0.25) is 0 Å². The van der Waals surface area contributed by atoms with Crippen molar-refractivity contribution in [1.82, 2.24) is 20.2 Å². The highest BCUT2D eigenvalue weighted by Gasteiger charge is 2.25. The molecule has 3 aromatic carbocycles. The molecule has 1 aliphatic heterocycles. The molecule has 188 valence electrons. The predicted molar refractivity (Wildman–Crippen MR) is 143 cm³/mol. The van der Waals surface area contributed by atoms with E-state index in [0.29, 0.717) is 43.4 Å². The van der Waals surface area contributed by atoms with Crippen LogP contribution in [0.15, 0.2) is 78.9 Å². The number of fused-ring (bicyclic) bond motifs is 1. The maximum Gasteiger partial charge on any atom is 0.303 e. The Hall–Kier alpha value is -4.10. The van der Waals surface area contributed by atoms with E-state index in [1.165, 1.54) is 5.56 Å². The van der Waals surface area contributed by atoms with Gasteiger partial charge in [-0.2, -0.15) is 0 Å². The van der Waals surface area contributed by atoms with E-state index in [0.717, 1.165) is 29.0 Å². The SMILES string of the molecule is O=C(O)CCCCc1nc2cc(C(=O)N3CCNC(c4ccccc4)C3)ccc2nc1-c1ccccc1. The van der Waals surface area contributed by atoms with Gasteiger partial charge in [0.15, 0.2) is 0 Å². The Morgan fingerprint density at radius 1 is 0.919 bits per heavy atom. The van der Waals surface area contributed by atoms with Crippen molar-refractivity contribution >= 4 is 22.9 Å². The number of aromatic nitrogens is 2. The number of benzene rings is 3. The van der Waals surface area contributed by atoms with Gasteiger partial charge in [0.25, 0.3) is 5.91 Å². The molecule has 1 atom stereocenters. The molecule has 7 nitrogen and oxygen atoms in total. The van der Waals surface area contributed by atoms with E-state index in [4.69, 9.17) is 15.1 Å². The third-order valence-corrected chi connectivity index (χ3v) is 6.75. The largest absolute Gasteiger partial charge is 0.481 e. The van der Waals surface area contributed by atoms with Crippen LogP contribution in [0.25, 0.3) is 22.3 Å². The fraction of sp³-hybridized carbons (Fsp3) is 0.267. The highest BCUT2D eigenvalue weighted by atomic mass is 16.4. The Bertz CT molecular complexity index is 1390. The minimum Gasteiger partial charge on any atom is -0.481 e. The number of unbranched alkanes of at least 4 members (excludes halogenated alkanes) is 1. The lowest BCUT2D eigenvalue weighted by Gasteiger charge is -2.34. The van der Waals surface area contributed by atoms with Crippen LogP contribution in [-0.4, -0.2) is 51.5 Å². The van der Waals surface area contributed by atoms with Gasteiger partial charge in [0.1, 0.15) is 0 Å². The number of carbonyl (C=O) groups is 2. The van der Waals surface area contributed by atoms with Crippen LogP contribution in [0.3, 0.4) is 0 Å². The molecule has 1 amide bonds. The lowest BCUT2D eigenvalue weighted by molar-refractivity contribution is -0.137. The van der Waals surface area contributed by atoms with Crippen molar-refractivity contribution in [2.45, 2.75) is 31.7 Å². The van der Waals surface area contributed by atoms with Crippen molar-refractivity contribution in [3.63, 3.8) is 0 Å². The van der Waals surface area contributed by atoms with Crippen molar-refractivity contribution in [3.05, 3.63) is 95.7 Å². The summed E-state index contributed by atoms with van der Waals surface area (Å²) < 4.78 is 0. The van der Waals surface area contributed by atoms with Gasteiger partial charge in [-0.25, -0.2) is 9.97 Å². The Morgan fingerprint density at radius 3 is 2.43 bits per heavy atom. The van der Waals surface area contributed by atoms with E-state index in [9.17, 15) is 9.59 Å². The van der Waals surface area contributed by atoms with Crippen LogP contribution in [0, 0.1) is 0 Å². The third-order valence-electron chi connectivity index (χ3n) is 6.75. The smallest absolute Gasteiger partial charge is 0.303 e. The maximum absolute atomic E-state index is 13.5. The van der Waals surface area contributed by atoms with E-state index in [1.807, 2.05) is 71.6 Å².